The monoisotopic (exact) mass is 464 g/mol. The summed E-state index contributed by atoms with van der Waals surface area (Å²) in [5, 5.41) is 0.279. The highest BCUT2D eigenvalue weighted by Gasteiger charge is 2.35. The maximum Gasteiger partial charge on any atom is 0.419 e. The van der Waals surface area contributed by atoms with Gasteiger partial charge in [-0.15, -0.1) is 0 Å². The number of alkyl halides is 3. The number of hydrogen-bond donors (Lipinski definition) is 1. The normalized spacial score (nSPS) is 11.8. The molecule has 3 rings (SSSR count). The molecule has 0 unspecified atom stereocenters. The van der Waals surface area contributed by atoms with Gasteiger partial charge in [-0.3, -0.25) is 4.98 Å². The molecule has 0 aliphatic heterocycles. The first-order valence-corrected chi connectivity index (χ1v) is 11.2. The van der Waals surface area contributed by atoms with Crippen LogP contribution in [0, 0.1) is 0 Å². The summed E-state index contributed by atoms with van der Waals surface area (Å²) >= 11 is 1.15. The van der Waals surface area contributed by atoms with E-state index in [0.717, 1.165) is 35.9 Å². The van der Waals surface area contributed by atoms with Crippen molar-refractivity contribution in [2.75, 3.05) is 26.4 Å². The van der Waals surface area contributed by atoms with E-state index in [4.69, 9.17) is 10.5 Å². The van der Waals surface area contributed by atoms with Crippen molar-refractivity contribution in [2.24, 2.45) is 0 Å². The van der Waals surface area contributed by atoms with Crippen LogP contribution in [0.15, 0.2) is 36.5 Å². The smallest absolute Gasteiger partial charge is 0.419 e. The number of halogens is 3. The molecule has 172 valence electrons. The minimum absolute atomic E-state index is 0.161. The molecule has 0 aliphatic rings. The van der Waals surface area contributed by atoms with E-state index in [1.54, 1.807) is 12.3 Å². The molecule has 3 aromatic rings. The van der Waals surface area contributed by atoms with Gasteiger partial charge in [-0.05, 0) is 56.4 Å². The summed E-state index contributed by atoms with van der Waals surface area (Å²) in [5.74, 6) is -0.161. The molecule has 2 aromatic heterocycles. The fourth-order valence-corrected chi connectivity index (χ4v) is 4.11. The van der Waals surface area contributed by atoms with E-state index < -0.39 is 11.7 Å². The van der Waals surface area contributed by atoms with Crippen LogP contribution in [-0.2, 0) is 12.7 Å². The molecular formula is C23H27F3N4OS. The zero-order valence-electron chi connectivity index (χ0n) is 18.4. The molecule has 0 saturated heterocycles. The van der Waals surface area contributed by atoms with Gasteiger partial charge in [0.25, 0.3) is 0 Å². The summed E-state index contributed by atoms with van der Waals surface area (Å²) in [5.41, 5.74) is 7.61. The molecule has 32 heavy (non-hydrogen) atoms. The number of hydrogen-bond acceptors (Lipinski definition) is 6. The second kappa shape index (κ2) is 10.3. The van der Waals surface area contributed by atoms with Crippen molar-refractivity contribution >= 4 is 16.5 Å². The molecule has 0 bridgehead atoms. The van der Waals surface area contributed by atoms with Crippen LogP contribution in [0.3, 0.4) is 0 Å². The topological polar surface area (TPSA) is 64.3 Å². The quantitative estimate of drug-likeness (QED) is 0.388. The Hall–Kier alpha value is -2.65. The first-order chi connectivity index (χ1) is 15.2. The molecule has 2 heterocycles. The molecule has 0 fully saturated rings. The van der Waals surface area contributed by atoms with E-state index in [1.165, 1.54) is 6.07 Å². The Morgan fingerprint density at radius 2 is 1.84 bits per heavy atom. The molecule has 0 amide bonds. The molecule has 0 atom stereocenters. The van der Waals surface area contributed by atoms with E-state index in [9.17, 15) is 13.2 Å². The lowest BCUT2D eigenvalue weighted by atomic mass is 10.0. The number of ether oxygens (including phenoxy) is 1. The van der Waals surface area contributed by atoms with Gasteiger partial charge in [0.05, 0.1) is 28.4 Å². The maximum atomic E-state index is 13.8. The third kappa shape index (κ3) is 5.98. The van der Waals surface area contributed by atoms with Crippen molar-refractivity contribution in [2.45, 2.75) is 38.9 Å². The van der Waals surface area contributed by atoms with E-state index in [1.807, 2.05) is 38.1 Å². The second-order valence-electron chi connectivity index (χ2n) is 7.77. The lowest BCUT2D eigenvalue weighted by Crippen LogP contribution is -2.11. The van der Waals surface area contributed by atoms with E-state index in [0.29, 0.717) is 34.7 Å². The van der Waals surface area contributed by atoms with Crippen molar-refractivity contribution in [3.8, 4) is 27.4 Å². The Kier molecular flexibility index (Phi) is 7.73. The van der Waals surface area contributed by atoms with Crippen molar-refractivity contribution in [3.63, 3.8) is 0 Å². The van der Waals surface area contributed by atoms with Crippen LogP contribution >= 0.6 is 11.3 Å². The fourth-order valence-electron chi connectivity index (χ4n) is 3.26. The number of anilines is 1. The lowest BCUT2D eigenvalue weighted by molar-refractivity contribution is -0.138. The van der Waals surface area contributed by atoms with E-state index in [2.05, 4.69) is 9.97 Å². The number of nitrogens with two attached hydrogens (primary N) is 1. The summed E-state index contributed by atoms with van der Waals surface area (Å²) in [6.45, 7) is 2.96. The minimum Gasteiger partial charge on any atom is -0.493 e. The third-order valence-corrected chi connectivity index (χ3v) is 5.71. The van der Waals surface area contributed by atoms with Crippen LogP contribution in [0.2, 0.25) is 0 Å². The largest absolute Gasteiger partial charge is 0.493 e. The Labute approximate surface area is 190 Å². The summed E-state index contributed by atoms with van der Waals surface area (Å²) in [6.07, 6.45) is -0.282. The molecule has 9 heteroatoms. The van der Waals surface area contributed by atoms with Gasteiger partial charge >= 0.3 is 6.18 Å². The van der Waals surface area contributed by atoms with Crippen molar-refractivity contribution in [3.05, 3.63) is 47.8 Å². The zero-order valence-corrected chi connectivity index (χ0v) is 19.2. The molecule has 5 nitrogen and oxygen atoms in total. The summed E-state index contributed by atoms with van der Waals surface area (Å²) < 4.78 is 46.7. The Balaban J connectivity index is 1.96. The average molecular weight is 465 g/mol. The Bertz CT molecular complexity index is 1030. The van der Waals surface area contributed by atoms with Crippen LogP contribution in [0.25, 0.3) is 21.7 Å². The molecule has 0 spiro atoms. The number of pyridine rings is 1. The van der Waals surface area contributed by atoms with Crippen LogP contribution < -0.4 is 10.5 Å². The standard InChI is InChI=1S/C23H27F3N4OS/c1-4-5-6-11-31-19-10-8-15(12-18(19)23(24,25)26)21-20(29-22(27)32-21)16-7-9-17(28-13-16)14-30(2)3/h7-10,12-13H,4-6,11,14H2,1-3H3,(H2,27,29). The van der Waals surface area contributed by atoms with Gasteiger partial charge in [-0.2, -0.15) is 13.2 Å². The number of rotatable bonds is 9. The Morgan fingerprint density at radius 1 is 1.09 bits per heavy atom. The molecule has 0 saturated carbocycles. The number of thiazole rings is 1. The van der Waals surface area contributed by atoms with Crippen LogP contribution in [-0.4, -0.2) is 35.6 Å². The number of nitrogens with zero attached hydrogens (tertiary/aromatic N) is 3. The van der Waals surface area contributed by atoms with Gasteiger partial charge in [0.15, 0.2) is 5.13 Å². The average Bonchev–Trinajstić information content (AvgIpc) is 3.12. The third-order valence-electron chi connectivity index (χ3n) is 4.77. The number of aromatic nitrogens is 2. The summed E-state index contributed by atoms with van der Waals surface area (Å²) in [7, 11) is 3.90. The SMILES string of the molecule is CCCCCOc1ccc(-c2sc(N)nc2-c2ccc(CN(C)C)nc2)cc1C(F)(F)F. The van der Waals surface area contributed by atoms with E-state index >= 15 is 0 Å². The van der Waals surface area contributed by atoms with Gasteiger partial charge in [-0.1, -0.05) is 31.1 Å². The molecule has 0 radical (unpaired) electrons. The van der Waals surface area contributed by atoms with Gasteiger partial charge in [0.1, 0.15) is 5.75 Å². The number of benzene rings is 1. The van der Waals surface area contributed by atoms with Gasteiger partial charge in [-0.25, -0.2) is 4.98 Å². The van der Waals surface area contributed by atoms with Gasteiger partial charge in [0, 0.05) is 18.3 Å². The summed E-state index contributed by atoms with van der Waals surface area (Å²) in [4.78, 5) is 11.4. The van der Waals surface area contributed by atoms with E-state index in [-0.39, 0.29) is 17.5 Å². The molecular weight excluding hydrogens is 437 g/mol. The number of unbranched alkanes of at least 4 members (excludes halogenated alkanes) is 2. The zero-order chi connectivity index (χ0) is 23.3. The molecule has 0 aliphatic carbocycles. The highest BCUT2D eigenvalue weighted by Crippen LogP contribution is 2.43. The predicted molar refractivity (Wildman–Crippen MR) is 123 cm³/mol. The first-order valence-electron chi connectivity index (χ1n) is 10.4. The van der Waals surface area contributed by atoms with Crippen molar-refractivity contribution in [1.29, 1.82) is 0 Å². The minimum atomic E-state index is -4.54. The van der Waals surface area contributed by atoms with Crippen molar-refractivity contribution < 1.29 is 17.9 Å². The fraction of sp³-hybridized carbons (Fsp3) is 0.391. The van der Waals surface area contributed by atoms with Crippen molar-refractivity contribution in [1.82, 2.24) is 14.9 Å². The maximum absolute atomic E-state index is 13.8. The lowest BCUT2D eigenvalue weighted by Gasteiger charge is -2.15. The molecule has 2 N–H and O–H groups in total. The first kappa shape index (κ1) is 24.0. The highest BCUT2D eigenvalue weighted by atomic mass is 32.1. The van der Waals surface area contributed by atoms with Crippen LogP contribution in [0.5, 0.6) is 5.75 Å². The van der Waals surface area contributed by atoms with Crippen LogP contribution in [0.4, 0.5) is 18.3 Å². The highest BCUT2D eigenvalue weighted by molar-refractivity contribution is 7.19. The molecule has 1 aromatic carbocycles. The number of nitrogen functional groups attached to an aromatic ring is 1. The summed E-state index contributed by atoms with van der Waals surface area (Å²) in [6, 6.07) is 7.85. The van der Waals surface area contributed by atoms with Crippen LogP contribution in [0.1, 0.15) is 37.4 Å². The predicted octanol–water partition coefficient (Wildman–Crippen LogP) is 6.10. The Morgan fingerprint density at radius 3 is 2.47 bits per heavy atom. The van der Waals surface area contributed by atoms with Gasteiger partial charge < -0.3 is 15.4 Å². The second-order valence-corrected chi connectivity index (χ2v) is 8.80. The van der Waals surface area contributed by atoms with Gasteiger partial charge in [0.2, 0.25) is 0 Å².